The van der Waals surface area contributed by atoms with Crippen LogP contribution in [0, 0.1) is 10.1 Å². The zero-order valence-corrected chi connectivity index (χ0v) is 20.2. The van der Waals surface area contributed by atoms with Crippen molar-refractivity contribution < 1.29 is 27.6 Å². The molecule has 1 N–H and O–H groups in total. The summed E-state index contributed by atoms with van der Waals surface area (Å²) in [6.45, 7) is 5.43. The van der Waals surface area contributed by atoms with Crippen molar-refractivity contribution in [3.8, 4) is 5.88 Å². The average molecular weight is 494 g/mol. The van der Waals surface area contributed by atoms with E-state index >= 15 is 0 Å². The van der Waals surface area contributed by atoms with E-state index in [1.54, 1.807) is 32.9 Å². The third-order valence-electron chi connectivity index (χ3n) is 5.06. The number of benzene rings is 1. The fourth-order valence-corrected chi connectivity index (χ4v) is 4.20. The van der Waals surface area contributed by atoms with Crippen molar-refractivity contribution in [3.05, 3.63) is 46.9 Å². The Bertz CT molecular complexity index is 1160. The molecule has 2 aromatic rings. The number of likely N-dealkylation sites (tertiary alicyclic amines) is 1. The summed E-state index contributed by atoms with van der Waals surface area (Å²) in [7, 11) is -3.38. The Hall–Kier alpha value is -3.48. The molecule has 1 aliphatic rings. The highest BCUT2D eigenvalue weighted by atomic mass is 32.2. The third-order valence-corrected chi connectivity index (χ3v) is 6.19. The highest BCUT2D eigenvalue weighted by Gasteiger charge is 2.47. The van der Waals surface area contributed by atoms with Crippen molar-refractivity contribution in [3.63, 3.8) is 0 Å². The van der Waals surface area contributed by atoms with Crippen molar-refractivity contribution in [2.45, 2.75) is 49.8 Å². The Morgan fingerprint density at radius 2 is 1.97 bits per heavy atom. The Balaban J connectivity index is 1.94. The van der Waals surface area contributed by atoms with Gasteiger partial charge in [-0.25, -0.2) is 18.2 Å². The first-order chi connectivity index (χ1) is 15.8. The molecule has 0 bridgehead atoms. The van der Waals surface area contributed by atoms with E-state index in [1.165, 1.54) is 17.0 Å². The first-order valence-corrected chi connectivity index (χ1v) is 12.4. The quantitative estimate of drug-likeness (QED) is 0.449. The number of nitrogens with zero attached hydrogens (tertiary/aromatic N) is 4. The Labute approximate surface area is 197 Å². The lowest BCUT2D eigenvalue weighted by Crippen LogP contribution is -2.57. The van der Waals surface area contributed by atoms with Gasteiger partial charge in [-0.1, -0.05) is 0 Å². The van der Waals surface area contributed by atoms with Gasteiger partial charge in [0.15, 0.2) is 15.5 Å². The number of ether oxygens (including phenoxy) is 2. The molecule has 12 nitrogen and oxygen atoms in total. The van der Waals surface area contributed by atoms with Crippen molar-refractivity contribution in [2.75, 3.05) is 24.7 Å². The molecule has 34 heavy (non-hydrogen) atoms. The number of aromatic nitrogens is 2. The Kier molecular flexibility index (Phi) is 6.96. The predicted molar refractivity (Wildman–Crippen MR) is 122 cm³/mol. The molecular weight excluding hydrogens is 466 g/mol. The van der Waals surface area contributed by atoms with Crippen LogP contribution in [-0.4, -0.2) is 65.0 Å². The largest absolute Gasteiger partial charge is 0.468 e. The fraction of sp³-hybridized carbons (Fsp3) is 0.476. The van der Waals surface area contributed by atoms with Gasteiger partial charge in [0, 0.05) is 18.5 Å². The lowest BCUT2D eigenvalue weighted by molar-refractivity contribution is -0.386. The van der Waals surface area contributed by atoms with Crippen LogP contribution in [0.3, 0.4) is 0 Å². The van der Waals surface area contributed by atoms with Gasteiger partial charge in [-0.2, -0.15) is 4.98 Å². The summed E-state index contributed by atoms with van der Waals surface area (Å²) in [5.74, 6) is -0.232. The first-order valence-electron chi connectivity index (χ1n) is 10.5. The number of hydrogen-bond donors (Lipinski definition) is 1. The lowest BCUT2D eigenvalue weighted by atomic mass is 10.1. The second kappa shape index (κ2) is 9.41. The summed E-state index contributed by atoms with van der Waals surface area (Å²) in [6, 6.07) is 6.07. The molecule has 0 radical (unpaired) electrons. The summed E-state index contributed by atoms with van der Waals surface area (Å²) in [5.41, 5.74) is -1.75. The zero-order valence-electron chi connectivity index (χ0n) is 19.3. The summed E-state index contributed by atoms with van der Waals surface area (Å²) in [6.07, 6.45) is 3.76. The van der Waals surface area contributed by atoms with Crippen LogP contribution >= 0.6 is 0 Å². The minimum atomic E-state index is -3.38. The summed E-state index contributed by atoms with van der Waals surface area (Å²) >= 11 is 0. The molecule has 1 fully saturated rings. The van der Waals surface area contributed by atoms with Gasteiger partial charge >= 0.3 is 11.8 Å². The Morgan fingerprint density at radius 1 is 1.29 bits per heavy atom. The van der Waals surface area contributed by atoms with Crippen molar-refractivity contribution >= 4 is 27.3 Å². The molecule has 0 saturated carbocycles. The average Bonchev–Trinajstić information content (AvgIpc) is 3.15. The molecule has 13 heteroatoms. The summed E-state index contributed by atoms with van der Waals surface area (Å²) < 4.78 is 34.9. The standard InChI is InChI=1S/C21H27N5O7S/c1-20(2,3)33-19(27)25-11-5-10-21(25,13-32-18-17(26(28)29)12-22-14-23-18)24-15-6-8-16(9-7-15)34(4,30)31/h6-9,12,14,24H,5,10-11,13H2,1-4H3. The highest BCUT2D eigenvalue weighted by Crippen LogP contribution is 2.34. The van der Waals surface area contributed by atoms with E-state index in [0.29, 0.717) is 25.1 Å². The SMILES string of the molecule is CC(C)(C)OC(=O)N1CCCC1(COc1ncncc1[N+](=O)[O-])Nc1ccc(S(C)(=O)=O)cc1. The summed E-state index contributed by atoms with van der Waals surface area (Å²) in [5, 5.41) is 14.6. The van der Waals surface area contributed by atoms with Gasteiger partial charge in [0.05, 0.1) is 9.82 Å². The number of anilines is 1. The molecule has 0 aliphatic carbocycles. The monoisotopic (exact) mass is 493 g/mol. The van der Waals surface area contributed by atoms with E-state index in [2.05, 4.69) is 15.3 Å². The maximum absolute atomic E-state index is 13.0. The fourth-order valence-electron chi connectivity index (χ4n) is 3.57. The molecule has 1 aromatic heterocycles. The first kappa shape index (κ1) is 25.1. The topological polar surface area (TPSA) is 154 Å². The van der Waals surface area contributed by atoms with Crippen molar-refractivity contribution in [2.24, 2.45) is 0 Å². The predicted octanol–water partition coefficient (Wildman–Crippen LogP) is 3.01. The maximum Gasteiger partial charge on any atom is 0.412 e. The van der Waals surface area contributed by atoms with Crippen LogP contribution in [0.4, 0.5) is 16.2 Å². The van der Waals surface area contributed by atoms with Crippen LogP contribution in [0.2, 0.25) is 0 Å². The van der Waals surface area contributed by atoms with Crippen LogP contribution < -0.4 is 10.1 Å². The molecule has 1 unspecified atom stereocenters. The molecular formula is C21H27N5O7S. The van der Waals surface area contributed by atoms with Crippen molar-refractivity contribution in [1.29, 1.82) is 0 Å². The second-order valence-corrected chi connectivity index (χ2v) is 11.0. The van der Waals surface area contributed by atoms with Crippen LogP contribution in [0.25, 0.3) is 0 Å². The van der Waals surface area contributed by atoms with Crippen LogP contribution in [-0.2, 0) is 14.6 Å². The van der Waals surface area contributed by atoms with E-state index in [0.717, 1.165) is 18.8 Å². The molecule has 1 saturated heterocycles. The number of nitro groups is 1. The molecule has 0 spiro atoms. The molecule has 2 heterocycles. The van der Waals surface area contributed by atoms with Crippen molar-refractivity contribution in [1.82, 2.24) is 14.9 Å². The minimum absolute atomic E-state index is 0.149. The normalized spacial score (nSPS) is 18.4. The summed E-state index contributed by atoms with van der Waals surface area (Å²) in [4.78, 5) is 32.9. The van der Waals surface area contributed by atoms with E-state index < -0.39 is 37.8 Å². The molecule has 1 amide bonds. The lowest BCUT2D eigenvalue weighted by Gasteiger charge is -2.39. The van der Waals surface area contributed by atoms with Gasteiger partial charge in [-0.05, 0) is 57.9 Å². The van der Waals surface area contributed by atoms with E-state index in [9.17, 15) is 23.3 Å². The van der Waals surface area contributed by atoms with Gasteiger partial charge in [-0.3, -0.25) is 15.0 Å². The molecule has 1 atom stereocenters. The number of nitrogens with one attached hydrogen (secondary N) is 1. The Morgan fingerprint density at radius 3 is 2.56 bits per heavy atom. The van der Waals surface area contributed by atoms with Gasteiger partial charge in [0.1, 0.15) is 24.7 Å². The minimum Gasteiger partial charge on any atom is -0.468 e. The molecule has 3 rings (SSSR count). The molecule has 1 aromatic carbocycles. The smallest absolute Gasteiger partial charge is 0.412 e. The molecule has 1 aliphatic heterocycles. The second-order valence-electron chi connectivity index (χ2n) is 8.95. The third kappa shape index (κ3) is 5.90. The number of carbonyl (C=O) groups excluding carboxylic acids is 1. The van der Waals surface area contributed by atoms with E-state index in [4.69, 9.17) is 9.47 Å². The number of carbonyl (C=O) groups is 1. The van der Waals surface area contributed by atoms with Gasteiger partial charge in [-0.15, -0.1) is 0 Å². The highest BCUT2D eigenvalue weighted by molar-refractivity contribution is 7.90. The number of sulfone groups is 1. The molecule has 184 valence electrons. The van der Waals surface area contributed by atoms with E-state index in [-0.39, 0.29) is 17.4 Å². The van der Waals surface area contributed by atoms with Gasteiger partial charge < -0.3 is 14.8 Å². The number of amides is 1. The zero-order chi connectivity index (χ0) is 25.1. The number of rotatable bonds is 7. The van der Waals surface area contributed by atoms with Gasteiger partial charge in [0.2, 0.25) is 0 Å². The van der Waals surface area contributed by atoms with Gasteiger partial charge in [0.25, 0.3) is 5.88 Å². The van der Waals surface area contributed by atoms with Crippen LogP contribution in [0.5, 0.6) is 5.88 Å². The maximum atomic E-state index is 13.0. The van der Waals surface area contributed by atoms with Crippen LogP contribution in [0.15, 0.2) is 41.7 Å². The number of hydrogen-bond acceptors (Lipinski definition) is 10. The van der Waals surface area contributed by atoms with Crippen LogP contribution in [0.1, 0.15) is 33.6 Å². The van der Waals surface area contributed by atoms with E-state index in [1.807, 2.05) is 0 Å².